The number of hydrogen-bond donors (Lipinski definition) is 0. The fourth-order valence-electron chi connectivity index (χ4n) is 7.82. The Kier molecular flexibility index (Phi) is 55.4. The summed E-state index contributed by atoms with van der Waals surface area (Å²) in [6.07, 6.45) is 79.4. The molecule has 0 aliphatic rings. The van der Waals surface area contributed by atoms with Crippen molar-refractivity contribution in [3.63, 3.8) is 0 Å². The lowest BCUT2D eigenvalue weighted by Gasteiger charge is -2.18. The number of allylic oxidation sites excluding steroid dienone is 18. The highest BCUT2D eigenvalue weighted by Crippen LogP contribution is 2.14. The van der Waals surface area contributed by atoms with Gasteiger partial charge in [-0.05, 0) is 128 Å². The third-order valence-electron chi connectivity index (χ3n) is 12.2. The lowest BCUT2D eigenvalue weighted by molar-refractivity contribution is -0.167. The summed E-state index contributed by atoms with van der Waals surface area (Å²) < 4.78 is 16.8. The Balaban J connectivity index is 4.50. The van der Waals surface area contributed by atoms with E-state index < -0.39 is 6.10 Å². The Morgan fingerprint density at radius 1 is 0.296 bits per heavy atom. The number of carbonyl (C=O) groups excluding carboxylic acids is 3. The number of esters is 3. The molecule has 6 nitrogen and oxygen atoms in total. The van der Waals surface area contributed by atoms with Crippen LogP contribution in [0.25, 0.3) is 0 Å². The summed E-state index contributed by atoms with van der Waals surface area (Å²) in [5, 5.41) is 0. The molecule has 0 aromatic heterocycles. The van der Waals surface area contributed by atoms with Gasteiger partial charge < -0.3 is 14.2 Å². The van der Waals surface area contributed by atoms with Gasteiger partial charge in [-0.2, -0.15) is 0 Å². The minimum absolute atomic E-state index is 0.109. The van der Waals surface area contributed by atoms with Gasteiger partial charge in [-0.25, -0.2) is 0 Å². The topological polar surface area (TPSA) is 78.9 Å². The average molecular weight is 986 g/mol. The molecule has 0 N–H and O–H groups in total. The van der Waals surface area contributed by atoms with Crippen molar-refractivity contribution in [2.24, 2.45) is 0 Å². The molecule has 0 radical (unpaired) electrons. The molecular formula is C65H108O6. The van der Waals surface area contributed by atoms with Gasteiger partial charge in [-0.15, -0.1) is 0 Å². The maximum atomic E-state index is 12.9. The number of unbranched alkanes of at least 4 members (excludes halogenated alkanes) is 23. The van der Waals surface area contributed by atoms with Crippen LogP contribution in [0.4, 0.5) is 0 Å². The first-order valence-corrected chi connectivity index (χ1v) is 29.4. The molecule has 0 aliphatic carbocycles. The van der Waals surface area contributed by atoms with E-state index in [1.54, 1.807) is 0 Å². The van der Waals surface area contributed by atoms with Gasteiger partial charge in [0.15, 0.2) is 6.10 Å². The van der Waals surface area contributed by atoms with E-state index >= 15 is 0 Å². The Labute approximate surface area is 438 Å². The van der Waals surface area contributed by atoms with Crippen LogP contribution in [0, 0.1) is 0 Å². The first-order chi connectivity index (χ1) is 35.0. The minimum Gasteiger partial charge on any atom is -0.462 e. The highest BCUT2D eigenvalue weighted by atomic mass is 16.6. The summed E-state index contributed by atoms with van der Waals surface area (Å²) in [4.78, 5) is 38.2. The largest absolute Gasteiger partial charge is 0.462 e. The van der Waals surface area contributed by atoms with Crippen molar-refractivity contribution in [3.8, 4) is 0 Å². The van der Waals surface area contributed by atoms with Gasteiger partial charge in [-0.3, -0.25) is 14.4 Å². The van der Waals surface area contributed by atoms with Gasteiger partial charge in [-0.1, -0.05) is 226 Å². The zero-order valence-corrected chi connectivity index (χ0v) is 46.2. The van der Waals surface area contributed by atoms with Crippen LogP contribution in [-0.2, 0) is 28.6 Å². The van der Waals surface area contributed by atoms with Crippen LogP contribution in [0.1, 0.15) is 265 Å². The second-order valence-corrected chi connectivity index (χ2v) is 19.2. The van der Waals surface area contributed by atoms with Crippen molar-refractivity contribution in [1.82, 2.24) is 0 Å². The molecule has 0 spiro atoms. The predicted octanol–water partition coefficient (Wildman–Crippen LogP) is 19.9. The van der Waals surface area contributed by atoms with Crippen molar-refractivity contribution in [3.05, 3.63) is 109 Å². The molecule has 0 saturated heterocycles. The van der Waals surface area contributed by atoms with Crippen LogP contribution in [0.5, 0.6) is 0 Å². The molecule has 0 fully saturated rings. The first-order valence-electron chi connectivity index (χ1n) is 29.4. The number of rotatable bonds is 52. The van der Waals surface area contributed by atoms with E-state index in [1.807, 2.05) is 0 Å². The average Bonchev–Trinajstić information content (AvgIpc) is 3.37. The molecule has 404 valence electrons. The first kappa shape index (κ1) is 67.1. The third-order valence-corrected chi connectivity index (χ3v) is 12.2. The van der Waals surface area contributed by atoms with Crippen LogP contribution in [0.3, 0.4) is 0 Å². The lowest BCUT2D eigenvalue weighted by Crippen LogP contribution is -2.30. The summed E-state index contributed by atoms with van der Waals surface area (Å²) in [6.45, 7) is 6.44. The molecular weight excluding hydrogens is 877 g/mol. The van der Waals surface area contributed by atoms with Gasteiger partial charge in [0, 0.05) is 19.3 Å². The molecule has 0 bridgehead atoms. The molecule has 0 heterocycles. The molecule has 0 unspecified atom stereocenters. The van der Waals surface area contributed by atoms with Crippen molar-refractivity contribution >= 4 is 17.9 Å². The maximum absolute atomic E-state index is 12.9. The number of carbonyl (C=O) groups is 3. The van der Waals surface area contributed by atoms with Gasteiger partial charge >= 0.3 is 17.9 Å². The van der Waals surface area contributed by atoms with E-state index in [2.05, 4.69) is 130 Å². The summed E-state index contributed by atoms with van der Waals surface area (Å²) in [6, 6.07) is 0. The van der Waals surface area contributed by atoms with Gasteiger partial charge in [0.05, 0.1) is 0 Å². The lowest BCUT2D eigenvalue weighted by atomic mass is 10.1. The Morgan fingerprint density at radius 3 is 0.944 bits per heavy atom. The molecule has 1 atom stereocenters. The van der Waals surface area contributed by atoms with E-state index in [-0.39, 0.29) is 31.1 Å². The summed E-state index contributed by atoms with van der Waals surface area (Å²) in [5.41, 5.74) is 0. The summed E-state index contributed by atoms with van der Waals surface area (Å²) in [7, 11) is 0. The van der Waals surface area contributed by atoms with Crippen LogP contribution in [-0.4, -0.2) is 37.2 Å². The van der Waals surface area contributed by atoms with Crippen molar-refractivity contribution in [1.29, 1.82) is 0 Å². The normalized spacial score (nSPS) is 12.9. The molecule has 0 aromatic rings. The van der Waals surface area contributed by atoms with Crippen LogP contribution >= 0.6 is 0 Å². The Hall–Kier alpha value is -3.93. The number of hydrogen-bond acceptors (Lipinski definition) is 6. The zero-order chi connectivity index (χ0) is 51.4. The fourth-order valence-corrected chi connectivity index (χ4v) is 7.82. The molecule has 0 saturated carbocycles. The third kappa shape index (κ3) is 56.9. The Bertz CT molecular complexity index is 1460. The summed E-state index contributed by atoms with van der Waals surface area (Å²) in [5.74, 6) is -0.977. The highest BCUT2D eigenvalue weighted by molar-refractivity contribution is 5.71. The zero-order valence-electron chi connectivity index (χ0n) is 46.2. The van der Waals surface area contributed by atoms with E-state index in [4.69, 9.17) is 14.2 Å². The van der Waals surface area contributed by atoms with Gasteiger partial charge in [0.2, 0.25) is 0 Å². The van der Waals surface area contributed by atoms with Crippen molar-refractivity contribution in [2.45, 2.75) is 271 Å². The quantitative estimate of drug-likeness (QED) is 0.0261. The highest BCUT2D eigenvalue weighted by Gasteiger charge is 2.19. The second-order valence-electron chi connectivity index (χ2n) is 19.2. The van der Waals surface area contributed by atoms with Crippen LogP contribution in [0.2, 0.25) is 0 Å². The van der Waals surface area contributed by atoms with Gasteiger partial charge in [0.1, 0.15) is 13.2 Å². The van der Waals surface area contributed by atoms with E-state index in [0.29, 0.717) is 19.3 Å². The SMILES string of the molecule is CC/C=C\C/C=C\C/C=C\C/C=C\C/C=C\CCCCCC(=O)OC[C@H](COC(=O)CCCC/C=C\C/C=C\C/C=C\CCCCC)OC(=O)CCCCCCCCCCC/C=C\CCCCCCCC. The smallest absolute Gasteiger partial charge is 0.306 e. The molecule has 0 rings (SSSR count). The van der Waals surface area contributed by atoms with Crippen LogP contribution < -0.4 is 0 Å². The van der Waals surface area contributed by atoms with Gasteiger partial charge in [0.25, 0.3) is 0 Å². The molecule has 0 aliphatic heterocycles. The standard InChI is InChI=1S/C65H108O6/c1-4-7-10-13-16-19-22-25-28-30-32-34-37-40-43-46-49-52-55-58-64(67)70-61-62(60-69-63(66)57-54-51-48-45-42-39-36-27-24-21-18-15-12-9-6-3)71-65(68)59-56-53-50-47-44-41-38-35-33-31-29-26-23-20-17-14-11-8-5-2/h7,10,16,18-19,21,25-29,32,34,36,40,42-43,45,62H,4-6,8-9,11-15,17,20,22-24,30-31,33,35,37-39,41,44,46-61H2,1-3H3/b10-7-,19-16-,21-18-,28-25-,29-26-,34-32-,36-27-,43-40-,45-42-/t62-/m0/s1. The van der Waals surface area contributed by atoms with Crippen molar-refractivity contribution < 1.29 is 28.6 Å². The molecule has 6 heteroatoms. The number of ether oxygens (including phenoxy) is 3. The fraction of sp³-hybridized carbons (Fsp3) is 0.677. The van der Waals surface area contributed by atoms with E-state index in [0.717, 1.165) is 109 Å². The maximum Gasteiger partial charge on any atom is 0.306 e. The molecule has 71 heavy (non-hydrogen) atoms. The van der Waals surface area contributed by atoms with Crippen LogP contribution in [0.15, 0.2) is 109 Å². The molecule has 0 amide bonds. The summed E-state index contributed by atoms with van der Waals surface area (Å²) >= 11 is 0. The monoisotopic (exact) mass is 985 g/mol. The molecule has 0 aromatic carbocycles. The van der Waals surface area contributed by atoms with E-state index in [1.165, 1.54) is 116 Å². The Morgan fingerprint density at radius 2 is 0.549 bits per heavy atom. The van der Waals surface area contributed by atoms with Crippen molar-refractivity contribution in [2.75, 3.05) is 13.2 Å². The second kappa shape index (κ2) is 58.6. The predicted molar refractivity (Wildman–Crippen MR) is 307 cm³/mol. The minimum atomic E-state index is -0.811. The van der Waals surface area contributed by atoms with E-state index in [9.17, 15) is 14.4 Å².